The van der Waals surface area contributed by atoms with E-state index in [1.807, 2.05) is 53.1 Å². The molecule has 1 aliphatic carbocycles. The van der Waals surface area contributed by atoms with Crippen LogP contribution in [0.3, 0.4) is 0 Å². The molecule has 1 fully saturated rings. The van der Waals surface area contributed by atoms with Crippen molar-refractivity contribution in [2.45, 2.75) is 44.9 Å². The minimum atomic E-state index is 0.0714. The largest absolute Gasteiger partial charge is 0.383 e. The number of carbonyl (C=O) groups is 1. The van der Waals surface area contributed by atoms with E-state index < -0.39 is 0 Å². The monoisotopic (exact) mass is 454 g/mol. The van der Waals surface area contributed by atoms with Crippen LogP contribution in [0.2, 0.25) is 0 Å². The fourth-order valence-electron chi connectivity index (χ4n) is 4.85. The van der Waals surface area contributed by atoms with Crippen molar-refractivity contribution in [1.29, 1.82) is 0 Å². The standard InChI is InChI=1S/C27H30N6O/c28-25-22(8-4-15-30-25)26-32-23-9-5-16-31-27(23)33(26)21-12-10-20(11-13-21)18-24(34)29-17-14-19-6-2-1-3-7-19/h4-5,8-13,15-16,19H,1-3,6-7,14,17-18H2,(H2,28,30)(H,29,34). The van der Waals surface area contributed by atoms with Crippen LogP contribution in [0.1, 0.15) is 44.1 Å². The summed E-state index contributed by atoms with van der Waals surface area (Å²) in [4.78, 5) is 26.0. The van der Waals surface area contributed by atoms with Gasteiger partial charge in [0.15, 0.2) is 11.5 Å². The molecule has 1 aliphatic rings. The molecule has 1 aromatic carbocycles. The number of anilines is 1. The Labute approximate surface area is 199 Å². The summed E-state index contributed by atoms with van der Waals surface area (Å²) in [6, 6.07) is 15.5. The highest BCUT2D eigenvalue weighted by atomic mass is 16.1. The molecule has 1 saturated carbocycles. The molecule has 174 valence electrons. The van der Waals surface area contributed by atoms with Crippen LogP contribution < -0.4 is 11.1 Å². The van der Waals surface area contributed by atoms with Gasteiger partial charge in [0.2, 0.25) is 5.91 Å². The maximum Gasteiger partial charge on any atom is 0.224 e. The first-order valence-electron chi connectivity index (χ1n) is 12.1. The zero-order chi connectivity index (χ0) is 23.3. The van der Waals surface area contributed by atoms with E-state index in [4.69, 9.17) is 10.7 Å². The number of amides is 1. The maximum atomic E-state index is 12.5. The molecule has 0 radical (unpaired) electrons. The number of rotatable bonds is 7. The van der Waals surface area contributed by atoms with Crippen LogP contribution in [0.25, 0.3) is 28.2 Å². The van der Waals surface area contributed by atoms with Crippen LogP contribution in [0.4, 0.5) is 5.82 Å². The summed E-state index contributed by atoms with van der Waals surface area (Å²) in [6.07, 6.45) is 11.5. The third kappa shape index (κ3) is 4.78. The molecule has 7 nitrogen and oxygen atoms in total. The first-order valence-corrected chi connectivity index (χ1v) is 12.1. The molecular formula is C27H30N6O. The number of hydrogen-bond acceptors (Lipinski definition) is 5. The van der Waals surface area contributed by atoms with Gasteiger partial charge in [-0.25, -0.2) is 15.0 Å². The lowest BCUT2D eigenvalue weighted by molar-refractivity contribution is -0.120. The fraction of sp³-hybridized carbons (Fsp3) is 0.333. The van der Waals surface area contributed by atoms with Crippen molar-refractivity contribution in [3.8, 4) is 17.1 Å². The molecule has 0 aliphatic heterocycles. The Bertz CT molecular complexity index is 1270. The molecule has 5 rings (SSSR count). The first-order chi connectivity index (χ1) is 16.7. The highest BCUT2D eigenvalue weighted by Crippen LogP contribution is 2.30. The molecule has 3 aromatic heterocycles. The second-order valence-corrected chi connectivity index (χ2v) is 9.04. The summed E-state index contributed by atoms with van der Waals surface area (Å²) >= 11 is 0. The maximum absolute atomic E-state index is 12.5. The Hall–Kier alpha value is -3.74. The van der Waals surface area contributed by atoms with Crippen LogP contribution in [0.5, 0.6) is 0 Å². The molecule has 0 spiro atoms. The Kier molecular flexibility index (Phi) is 6.51. The third-order valence-electron chi connectivity index (χ3n) is 6.65. The number of fused-ring (bicyclic) bond motifs is 1. The summed E-state index contributed by atoms with van der Waals surface area (Å²) in [7, 11) is 0. The Morgan fingerprint density at radius 3 is 2.56 bits per heavy atom. The molecule has 34 heavy (non-hydrogen) atoms. The molecule has 3 N–H and O–H groups in total. The van der Waals surface area contributed by atoms with E-state index in [0.29, 0.717) is 18.1 Å². The van der Waals surface area contributed by atoms with Crippen molar-refractivity contribution in [2.75, 3.05) is 12.3 Å². The van der Waals surface area contributed by atoms with Gasteiger partial charge in [0.1, 0.15) is 11.3 Å². The highest BCUT2D eigenvalue weighted by molar-refractivity contribution is 5.83. The van der Waals surface area contributed by atoms with E-state index >= 15 is 0 Å². The Morgan fingerprint density at radius 1 is 1.00 bits per heavy atom. The number of nitrogens with zero attached hydrogens (tertiary/aromatic N) is 4. The van der Waals surface area contributed by atoms with Gasteiger partial charge in [0.25, 0.3) is 0 Å². The summed E-state index contributed by atoms with van der Waals surface area (Å²) in [5.41, 5.74) is 10.3. The number of nitrogen functional groups attached to an aromatic ring is 1. The van der Waals surface area contributed by atoms with Gasteiger partial charge in [-0.15, -0.1) is 0 Å². The molecule has 3 heterocycles. The normalized spacial score (nSPS) is 14.4. The molecule has 0 bridgehead atoms. The average Bonchev–Trinajstić information content (AvgIpc) is 3.25. The Balaban J connectivity index is 1.32. The number of pyridine rings is 2. The fourth-order valence-corrected chi connectivity index (χ4v) is 4.85. The number of imidazole rings is 1. The van der Waals surface area contributed by atoms with Crippen molar-refractivity contribution < 1.29 is 4.79 Å². The number of carbonyl (C=O) groups excluding carboxylic acids is 1. The lowest BCUT2D eigenvalue weighted by atomic mass is 9.87. The molecule has 0 saturated heterocycles. The van der Waals surface area contributed by atoms with Gasteiger partial charge in [-0.2, -0.15) is 0 Å². The minimum absolute atomic E-state index is 0.0714. The van der Waals surface area contributed by atoms with E-state index in [1.54, 1.807) is 12.4 Å². The molecule has 7 heteroatoms. The topological polar surface area (TPSA) is 98.7 Å². The second kappa shape index (κ2) is 10.0. The van der Waals surface area contributed by atoms with Gasteiger partial charge in [-0.1, -0.05) is 44.2 Å². The second-order valence-electron chi connectivity index (χ2n) is 9.04. The average molecular weight is 455 g/mol. The SMILES string of the molecule is Nc1ncccc1-c1nc2cccnc2n1-c1ccc(CC(=O)NCCC2CCCCC2)cc1. The van der Waals surface area contributed by atoms with Gasteiger partial charge in [0, 0.05) is 24.6 Å². The van der Waals surface area contributed by atoms with Crippen molar-refractivity contribution in [2.24, 2.45) is 5.92 Å². The van der Waals surface area contributed by atoms with E-state index in [0.717, 1.165) is 46.9 Å². The number of benzene rings is 1. The molecule has 0 unspecified atom stereocenters. The molecular weight excluding hydrogens is 424 g/mol. The minimum Gasteiger partial charge on any atom is -0.383 e. The summed E-state index contributed by atoms with van der Waals surface area (Å²) in [5.74, 6) is 1.95. The van der Waals surface area contributed by atoms with Gasteiger partial charge < -0.3 is 11.1 Å². The lowest BCUT2D eigenvalue weighted by Gasteiger charge is -2.21. The van der Waals surface area contributed by atoms with Crippen LogP contribution in [0, 0.1) is 5.92 Å². The summed E-state index contributed by atoms with van der Waals surface area (Å²) in [5, 5.41) is 3.10. The summed E-state index contributed by atoms with van der Waals surface area (Å²) in [6.45, 7) is 0.768. The zero-order valence-corrected chi connectivity index (χ0v) is 19.3. The van der Waals surface area contributed by atoms with Crippen molar-refractivity contribution in [3.63, 3.8) is 0 Å². The van der Waals surface area contributed by atoms with Crippen molar-refractivity contribution >= 4 is 22.9 Å². The van der Waals surface area contributed by atoms with Gasteiger partial charge in [0.05, 0.1) is 12.0 Å². The zero-order valence-electron chi connectivity index (χ0n) is 19.3. The summed E-state index contributed by atoms with van der Waals surface area (Å²) < 4.78 is 1.98. The number of nitrogens with two attached hydrogens (primary N) is 1. The number of nitrogens with one attached hydrogen (secondary N) is 1. The van der Waals surface area contributed by atoms with E-state index in [-0.39, 0.29) is 5.91 Å². The smallest absolute Gasteiger partial charge is 0.224 e. The van der Waals surface area contributed by atoms with Crippen molar-refractivity contribution in [3.05, 3.63) is 66.5 Å². The number of hydrogen-bond donors (Lipinski definition) is 2. The third-order valence-corrected chi connectivity index (χ3v) is 6.65. The predicted octanol–water partition coefficient (Wildman–Crippen LogP) is 4.69. The van der Waals surface area contributed by atoms with Crippen LogP contribution in [-0.2, 0) is 11.2 Å². The quantitative estimate of drug-likeness (QED) is 0.422. The van der Waals surface area contributed by atoms with E-state index in [9.17, 15) is 4.79 Å². The molecule has 1 amide bonds. The van der Waals surface area contributed by atoms with Crippen LogP contribution in [-0.4, -0.2) is 32.0 Å². The molecule has 0 atom stereocenters. The van der Waals surface area contributed by atoms with E-state index in [2.05, 4.69) is 15.3 Å². The van der Waals surface area contributed by atoms with Crippen molar-refractivity contribution in [1.82, 2.24) is 24.8 Å². The van der Waals surface area contributed by atoms with Gasteiger partial charge >= 0.3 is 0 Å². The number of aromatic nitrogens is 4. The van der Waals surface area contributed by atoms with E-state index in [1.165, 1.54) is 32.1 Å². The van der Waals surface area contributed by atoms with Gasteiger partial charge in [-0.3, -0.25) is 9.36 Å². The Morgan fingerprint density at radius 2 is 1.76 bits per heavy atom. The first kappa shape index (κ1) is 22.1. The lowest BCUT2D eigenvalue weighted by Crippen LogP contribution is -2.27. The van der Waals surface area contributed by atoms with Gasteiger partial charge in [-0.05, 0) is 54.3 Å². The molecule has 4 aromatic rings. The van der Waals surface area contributed by atoms with Crippen LogP contribution in [0.15, 0.2) is 60.9 Å². The highest BCUT2D eigenvalue weighted by Gasteiger charge is 2.18. The predicted molar refractivity (Wildman–Crippen MR) is 134 cm³/mol. The van der Waals surface area contributed by atoms with Crippen LogP contribution >= 0.6 is 0 Å².